The second-order valence-corrected chi connectivity index (χ2v) is 4.88. The van der Waals surface area contributed by atoms with Gasteiger partial charge in [-0.05, 0) is 18.4 Å². The largest absolute Gasteiger partial charge is 0.461 e. The molecule has 0 radical (unpaired) electrons. The quantitative estimate of drug-likeness (QED) is 0.743. The predicted octanol–water partition coefficient (Wildman–Crippen LogP) is 2.67. The van der Waals surface area contributed by atoms with E-state index in [1.54, 1.807) is 0 Å². The molecule has 1 atom stereocenters. The van der Waals surface area contributed by atoms with Crippen molar-refractivity contribution in [1.29, 1.82) is 0 Å². The lowest BCUT2D eigenvalue weighted by Crippen LogP contribution is -2.30. The molecule has 0 aromatic heterocycles. The molecule has 110 valence electrons. The van der Waals surface area contributed by atoms with Gasteiger partial charge >= 0.3 is 5.97 Å². The summed E-state index contributed by atoms with van der Waals surface area (Å²) in [5.74, 6) is -0.419. The molecule has 1 unspecified atom stereocenters. The van der Waals surface area contributed by atoms with Gasteiger partial charge in [0.1, 0.15) is 6.61 Å². The summed E-state index contributed by atoms with van der Waals surface area (Å²) in [5, 5.41) is 2.82. The van der Waals surface area contributed by atoms with Crippen LogP contribution >= 0.6 is 0 Å². The number of carbonyl (C=O) groups is 2. The molecular weight excluding hydrogens is 254 g/mol. The van der Waals surface area contributed by atoms with Crippen LogP contribution < -0.4 is 5.32 Å². The highest BCUT2D eigenvalue weighted by atomic mass is 16.5. The third kappa shape index (κ3) is 6.36. The van der Waals surface area contributed by atoms with E-state index in [4.69, 9.17) is 4.74 Å². The lowest BCUT2D eigenvalue weighted by atomic mass is 10.0. The molecular formula is C16H23NO3. The summed E-state index contributed by atoms with van der Waals surface area (Å²) in [7, 11) is 0. The van der Waals surface area contributed by atoms with Crippen molar-refractivity contribution in [3.05, 3.63) is 35.9 Å². The predicted molar refractivity (Wildman–Crippen MR) is 77.9 cm³/mol. The standard InChI is InChI=1S/C16H23NO3/c1-3-11-17-16(19)13(2)9-10-15(18)20-12-14-7-5-4-6-8-14/h4-8,13H,3,9-12H2,1-2H3,(H,17,19). The van der Waals surface area contributed by atoms with Crippen molar-refractivity contribution < 1.29 is 14.3 Å². The summed E-state index contributed by atoms with van der Waals surface area (Å²) >= 11 is 0. The number of carbonyl (C=O) groups excluding carboxylic acids is 2. The zero-order chi connectivity index (χ0) is 14.8. The van der Waals surface area contributed by atoms with Crippen molar-refractivity contribution >= 4 is 11.9 Å². The first-order valence-corrected chi connectivity index (χ1v) is 7.10. The van der Waals surface area contributed by atoms with Gasteiger partial charge in [-0.25, -0.2) is 0 Å². The van der Waals surface area contributed by atoms with Crippen LogP contribution in [0.4, 0.5) is 0 Å². The lowest BCUT2D eigenvalue weighted by molar-refractivity contribution is -0.145. The number of ether oxygens (including phenoxy) is 1. The van der Waals surface area contributed by atoms with Crippen LogP contribution in [0.5, 0.6) is 0 Å². The Morgan fingerprint density at radius 3 is 2.60 bits per heavy atom. The van der Waals surface area contributed by atoms with Gasteiger partial charge in [0.2, 0.25) is 5.91 Å². The SMILES string of the molecule is CCCNC(=O)C(C)CCC(=O)OCc1ccccc1. The Morgan fingerprint density at radius 2 is 1.95 bits per heavy atom. The normalized spacial score (nSPS) is 11.7. The maximum Gasteiger partial charge on any atom is 0.306 e. The molecule has 1 amide bonds. The van der Waals surface area contributed by atoms with Gasteiger partial charge in [0.15, 0.2) is 0 Å². The summed E-state index contributed by atoms with van der Waals surface area (Å²) in [6.45, 7) is 4.80. The minimum atomic E-state index is -0.260. The first kappa shape index (κ1) is 16.2. The van der Waals surface area contributed by atoms with Crippen molar-refractivity contribution in [2.24, 2.45) is 5.92 Å². The van der Waals surface area contributed by atoms with Gasteiger partial charge in [0.25, 0.3) is 0 Å². The number of hydrogen-bond donors (Lipinski definition) is 1. The van der Waals surface area contributed by atoms with E-state index >= 15 is 0 Å². The van der Waals surface area contributed by atoms with E-state index in [0.29, 0.717) is 13.0 Å². The Labute approximate surface area is 120 Å². The molecule has 1 rings (SSSR count). The topological polar surface area (TPSA) is 55.4 Å². The van der Waals surface area contributed by atoms with Crippen molar-refractivity contribution in [2.75, 3.05) is 6.54 Å². The molecule has 0 fully saturated rings. The minimum Gasteiger partial charge on any atom is -0.461 e. The fraction of sp³-hybridized carbons (Fsp3) is 0.500. The Hall–Kier alpha value is -1.84. The van der Waals surface area contributed by atoms with Crippen LogP contribution in [0.15, 0.2) is 30.3 Å². The fourth-order valence-electron chi connectivity index (χ4n) is 1.70. The van der Waals surface area contributed by atoms with Gasteiger partial charge < -0.3 is 10.1 Å². The van der Waals surface area contributed by atoms with Crippen molar-refractivity contribution in [3.8, 4) is 0 Å². The maximum atomic E-state index is 11.6. The molecule has 0 saturated heterocycles. The molecule has 20 heavy (non-hydrogen) atoms. The highest BCUT2D eigenvalue weighted by Crippen LogP contribution is 2.08. The van der Waals surface area contributed by atoms with Gasteiger partial charge in [-0.3, -0.25) is 9.59 Å². The Balaban J connectivity index is 2.21. The zero-order valence-electron chi connectivity index (χ0n) is 12.2. The van der Waals surface area contributed by atoms with Crippen LogP contribution in [0.1, 0.15) is 38.7 Å². The van der Waals surface area contributed by atoms with Crippen molar-refractivity contribution in [2.45, 2.75) is 39.7 Å². The fourth-order valence-corrected chi connectivity index (χ4v) is 1.70. The van der Waals surface area contributed by atoms with E-state index in [1.165, 1.54) is 0 Å². The van der Waals surface area contributed by atoms with E-state index in [0.717, 1.165) is 12.0 Å². The highest BCUT2D eigenvalue weighted by Gasteiger charge is 2.14. The molecule has 0 aliphatic heterocycles. The molecule has 0 bridgehead atoms. The van der Waals surface area contributed by atoms with E-state index in [1.807, 2.05) is 44.2 Å². The van der Waals surface area contributed by atoms with Crippen LogP contribution in [0.3, 0.4) is 0 Å². The van der Waals surface area contributed by atoms with Gasteiger partial charge in [-0.1, -0.05) is 44.2 Å². The number of nitrogens with one attached hydrogen (secondary N) is 1. The Bertz CT molecular complexity index is 417. The molecule has 0 aliphatic rings. The average Bonchev–Trinajstić information content (AvgIpc) is 2.49. The molecule has 4 nitrogen and oxygen atoms in total. The highest BCUT2D eigenvalue weighted by molar-refractivity contribution is 5.79. The van der Waals surface area contributed by atoms with Gasteiger partial charge in [-0.15, -0.1) is 0 Å². The summed E-state index contributed by atoms with van der Waals surface area (Å²) in [4.78, 5) is 23.2. The summed E-state index contributed by atoms with van der Waals surface area (Å²) in [5.41, 5.74) is 0.967. The van der Waals surface area contributed by atoms with Crippen LogP contribution in [0.25, 0.3) is 0 Å². The Kier molecular flexibility index (Phi) is 7.40. The molecule has 4 heteroatoms. The second-order valence-electron chi connectivity index (χ2n) is 4.88. The average molecular weight is 277 g/mol. The molecule has 0 saturated carbocycles. The molecule has 1 aromatic carbocycles. The van der Waals surface area contributed by atoms with Crippen molar-refractivity contribution in [1.82, 2.24) is 5.32 Å². The third-order valence-corrected chi connectivity index (χ3v) is 3.02. The first-order valence-electron chi connectivity index (χ1n) is 7.10. The molecule has 0 aliphatic carbocycles. The van der Waals surface area contributed by atoms with E-state index in [9.17, 15) is 9.59 Å². The maximum absolute atomic E-state index is 11.6. The monoisotopic (exact) mass is 277 g/mol. The number of rotatable bonds is 8. The zero-order valence-corrected chi connectivity index (χ0v) is 12.2. The third-order valence-electron chi connectivity index (χ3n) is 3.02. The van der Waals surface area contributed by atoms with Crippen LogP contribution in [-0.4, -0.2) is 18.4 Å². The number of esters is 1. The number of benzene rings is 1. The van der Waals surface area contributed by atoms with Gasteiger partial charge in [0, 0.05) is 18.9 Å². The lowest BCUT2D eigenvalue weighted by Gasteiger charge is -2.11. The van der Waals surface area contributed by atoms with E-state index < -0.39 is 0 Å². The Morgan fingerprint density at radius 1 is 1.25 bits per heavy atom. The summed E-state index contributed by atoms with van der Waals surface area (Å²) < 4.78 is 5.17. The van der Waals surface area contributed by atoms with Gasteiger partial charge in [-0.2, -0.15) is 0 Å². The van der Waals surface area contributed by atoms with Crippen molar-refractivity contribution in [3.63, 3.8) is 0 Å². The second kappa shape index (κ2) is 9.13. The van der Waals surface area contributed by atoms with E-state index in [-0.39, 0.29) is 30.8 Å². The number of hydrogen-bond acceptors (Lipinski definition) is 3. The molecule has 0 spiro atoms. The van der Waals surface area contributed by atoms with Gasteiger partial charge in [0.05, 0.1) is 0 Å². The molecule has 1 N–H and O–H groups in total. The molecule has 0 heterocycles. The summed E-state index contributed by atoms with van der Waals surface area (Å²) in [6, 6.07) is 9.55. The van der Waals surface area contributed by atoms with Crippen LogP contribution in [0, 0.1) is 5.92 Å². The number of amides is 1. The van der Waals surface area contributed by atoms with Crippen LogP contribution in [-0.2, 0) is 20.9 Å². The van der Waals surface area contributed by atoms with Crippen LogP contribution in [0.2, 0.25) is 0 Å². The smallest absolute Gasteiger partial charge is 0.306 e. The minimum absolute atomic E-state index is 0.00251. The summed E-state index contributed by atoms with van der Waals surface area (Å²) in [6.07, 6.45) is 1.70. The molecule has 1 aromatic rings. The first-order chi connectivity index (χ1) is 9.63. The van der Waals surface area contributed by atoms with E-state index in [2.05, 4.69) is 5.32 Å².